The summed E-state index contributed by atoms with van der Waals surface area (Å²) in [4.78, 5) is 13.9. The lowest BCUT2D eigenvalue weighted by atomic mass is 10.0. The second-order valence-corrected chi connectivity index (χ2v) is 8.00. The number of fused-ring (bicyclic) bond motifs is 1. The highest BCUT2D eigenvalue weighted by Gasteiger charge is 2.12. The van der Waals surface area contributed by atoms with E-state index in [-0.39, 0.29) is 4.90 Å². The van der Waals surface area contributed by atoms with Gasteiger partial charge in [0.15, 0.2) is 0 Å². The van der Waals surface area contributed by atoms with Crippen molar-refractivity contribution < 1.29 is 8.42 Å². The maximum absolute atomic E-state index is 11.6. The van der Waals surface area contributed by atoms with Crippen molar-refractivity contribution in [2.24, 2.45) is 5.14 Å². The van der Waals surface area contributed by atoms with Crippen molar-refractivity contribution in [1.29, 1.82) is 0 Å². The highest BCUT2D eigenvalue weighted by molar-refractivity contribution is 7.89. The normalized spacial score (nSPS) is 11.6. The molecule has 3 heterocycles. The van der Waals surface area contributed by atoms with E-state index in [2.05, 4.69) is 22.6 Å². The third-order valence-electron chi connectivity index (χ3n) is 4.10. The summed E-state index contributed by atoms with van der Waals surface area (Å²) in [7, 11) is -3.84. The lowest BCUT2D eigenvalue weighted by molar-refractivity contribution is 0.597. The molecule has 0 radical (unpaired) electrons. The van der Waals surface area contributed by atoms with Gasteiger partial charge < -0.3 is 0 Å². The van der Waals surface area contributed by atoms with Crippen LogP contribution in [0, 0.1) is 0 Å². The molecule has 0 atom stereocenters. The number of pyridine rings is 3. The molecule has 3 aromatic heterocycles. The Kier molecular flexibility index (Phi) is 4.39. The van der Waals surface area contributed by atoms with Gasteiger partial charge in [-0.1, -0.05) is 12.1 Å². The summed E-state index contributed by atoms with van der Waals surface area (Å²) in [5.74, 6) is 0. The van der Waals surface area contributed by atoms with Crippen LogP contribution in [0.3, 0.4) is 0 Å². The fraction of sp³-hybridized carbons (Fsp3) is 0. The maximum atomic E-state index is 11.6. The maximum Gasteiger partial charge on any atom is 0.239 e. The van der Waals surface area contributed by atoms with Crippen LogP contribution < -0.4 is 5.14 Å². The lowest BCUT2D eigenvalue weighted by Crippen LogP contribution is -2.12. The number of thiol groups is 1. The molecule has 0 fully saturated rings. The molecule has 0 amide bonds. The van der Waals surface area contributed by atoms with Gasteiger partial charge in [0, 0.05) is 34.6 Å². The topological polar surface area (TPSA) is 98.8 Å². The zero-order valence-corrected chi connectivity index (χ0v) is 15.7. The SMILES string of the molecule is NS(=O)(=O)c1cncc(-c2ccc3nccc(-c4ccc(S)cc4)c3n2)c1. The molecule has 27 heavy (non-hydrogen) atoms. The Morgan fingerprint density at radius 3 is 2.44 bits per heavy atom. The van der Waals surface area contributed by atoms with Crippen LogP contribution in [0.25, 0.3) is 33.4 Å². The molecule has 8 heteroatoms. The van der Waals surface area contributed by atoms with Gasteiger partial charge in [0.1, 0.15) is 4.90 Å². The lowest BCUT2D eigenvalue weighted by Gasteiger charge is -2.08. The van der Waals surface area contributed by atoms with Crippen molar-refractivity contribution in [3.63, 3.8) is 0 Å². The minimum atomic E-state index is -3.84. The van der Waals surface area contributed by atoms with Crippen molar-refractivity contribution in [3.05, 3.63) is 67.1 Å². The molecule has 2 N–H and O–H groups in total. The van der Waals surface area contributed by atoms with E-state index in [4.69, 9.17) is 10.1 Å². The predicted molar refractivity (Wildman–Crippen MR) is 107 cm³/mol. The largest absolute Gasteiger partial charge is 0.263 e. The molecule has 0 aliphatic heterocycles. The minimum absolute atomic E-state index is 0.0577. The van der Waals surface area contributed by atoms with Gasteiger partial charge in [-0.05, 0) is 42.0 Å². The Labute approximate surface area is 161 Å². The average Bonchev–Trinajstić information content (AvgIpc) is 2.67. The van der Waals surface area contributed by atoms with E-state index < -0.39 is 10.0 Å². The quantitative estimate of drug-likeness (QED) is 0.520. The number of nitrogens with two attached hydrogens (primary N) is 1. The van der Waals surface area contributed by atoms with E-state index in [1.54, 1.807) is 18.5 Å². The molecule has 4 rings (SSSR count). The molecule has 0 bridgehead atoms. The monoisotopic (exact) mass is 394 g/mol. The van der Waals surface area contributed by atoms with Crippen LogP contribution in [0.15, 0.2) is 76.9 Å². The predicted octanol–water partition coefficient (Wildman–Crippen LogP) is 3.29. The average molecular weight is 394 g/mol. The minimum Gasteiger partial charge on any atom is -0.263 e. The fourth-order valence-corrected chi connectivity index (χ4v) is 3.42. The number of rotatable bonds is 3. The van der Waals surface area contributed by atoms with E-state index in [0.717, 1.165) is 21.5 Å². The van der Waals surface area contributed by atoms with E-state index in [9.17, 15) is 8.42 Å². The molecule has 6 nitrogen and oxygen atoms in total. The first-order valence-electron chi connectivity index (χ1n) is 7.95. The molecule has 4 aromatic rings. The van der Waals surface area contributed by atoms with E-state index in [1.165, 1.54) is 12.3 Å². The molecule has 0 saturated carbocycles. The standard InChI is InChI=1S/C19H14N4O2S2/c20-27(24,25)15-9-13(10-21-11-15)17-5-6-18-19(23-17)16(7-8-22-18)12-1-3-14(26)4-2-12/h1-11,26H,(H2,20,24,25). The molecule has 0 spiro atoms. The fourth-order valence-electron chi connectivity index (χ4n) is 2.77. The number of hydrogen-bond acceptors (Lipinski definition) is 6. The van der Waals surface area contributed by atoms with Gasteiger partial charge >= 0.3 is 0 Å². The highest BCUT2D eigenvalue weighted by Crippen LogP contribution is 2.29. The number of sulfonamides is 1. The van der Waals surface area contributed by atoms with Crippen LogP contribution in [0.4, 0.5) is 0 Å². The number of aromatic nitrogens is 3. The Morgan fingerprint density at radius 2 is 1.70 bits per heavy atom. The molecular weight excluding hydrogens is 380 g/mol. The number of benzene rings is 1. The zero-order chi connectivity index (χ0) is 19.0. The number of nitrogens with zero attached hydrogens (tertiary/aromatic N) is 3. The van der Waals surface area contributed by atoms with E-state index in [0.29, 0.717) is 16.8 Å². The highest BCUT2D eigenvalue weighted by atomic mass is 32.2. The van der Waals surface area contributed by atoms with Gasteiger partial charge in [0.25, 0.3) is 0 Å². The van der Waals surface area contributed by atoms with Crippen LogP contribution in [-0.4, -0.2) is 23.4 Å². The summed E-state index contributed by atoms with van der Waals surface area (Å²) in [6, 6.07) is 14.7. The van der Waals surface area contributed by atoms with E-state index in [1.807, 2.05) is 36.4 Å². The first kappa shape index (κ1) is 17.6. The molecule has 0 unspecified atom stereocenters. The van der Waals surface area contributed by atoms with Gasteiger partial charge in [0.05, 0.1) is 16.7 Å². The van der Waals surface area contributed by atoms with Crippen LogP contribution in [-0.2, 0) is 10.0 Å². The summed E-state index contributed by atoms with van der Waals surface area (Å²) in [6.45, 7) is 0. The number of primary sulfonamides is 1. The van der Waals surface area contributed by atoms with Crippen molar-refractivity contribution in [2.45, 2.75) is 9.79 Å². The summed E-state index contributed by atoms with van der Waals surface area (Å²) < 4.78 is 23.2. The first-order valence-corrected chi connectivity index (χ1v) is 9.94. The third kappa shape index (κ3) is 3.55. The molecule has 0 aliphatic rings. The summed E-state index contributed by atoms with van der Waals surface area (Å²) >= 11 is 4.32. The summed E-state index contributed by atoms with van der Waals surface area (Å²) in [5.41, 5.74) is 4.50. The first-order chi connectivity index (χ1) is 12.9. The Bertz CT molecular complexity index is 1260. The van der Waals surface area contributed by atoms with Gasteiger partial charge in [-0.2, -0.15) is 0 Å². The summed E-state index contributed by atoms with van der Waals surface area (Å²) in [6.07, 6.45) is 4.50. The summed E-state index contributed by atoms with van der Waals surface area (Å²) in [5, 5.41) is 5.20. The smallest absolute Gasteiger partial charge is 0.239 e. The van der Waals surface area contributed by atoms with E-state index >= 15 is 0 Å². The molecule has 1 aromatic carbocycles. The second kappa shape index (κ2) is 6.73. The zero-order valence-electron chi connectivity index (χ0n) is 13.9. The van der Waals surface area contributed by atoms with Crippen molar-refractivity contribution in [2.75, 3.05) is 0 Å². The molecule has 0 saturated heterocycles. The van der Waals surface area contributed by atoms with Gasteiger partial charge in [-0.3, -0.25) is 9.97 Å². The molecule has 0 aliphatic carbocycles. The third-order valence-corrected chi connectivity index (χ3v) is 5.28. The van der Waals surface area contributed by atoms with Crippen molar-refractivity contribution in [3.8, 4) is 22.4 Å². The Morgan fingerprint density at radius 1 is 0.926 bits per heavy atom. The Hall–Kier alpha value is -2.81. The van der Waals surface area contributed by atoms with Crippen molar-refractivity contribution >= 4 is 33.7 Å². The van der Waals surface area contributed by atoms with Crippen LogP contribution >= 0.6 is 12.6 Å². The Balaban J connectivity index is 1.90. The van der Waals surface area contributed by atoms with Crippen molar-refractivity contribution in [1.82, 2.24) is 15.0 Å². The van der Waals surface area contributed by atoms with Crippen LogP contribution in [0.1, 0.15) is 0 Å². The van der Waals surface area contributed by atoms with Gasteiger partial charge in [0.2, 0.25) is 10.0 Å². The second-order valence-electron chi connectivity index (χ2n) is 5.92. The van der Waals surface area contributed by atoms with Crippen LogP contribution in [0.2, 0.25) is 0 Å². The van der Waals surface area contributed by atoms with Crippen LogP contribution in [0.5, 0.6) is 0 Å². The van der Waals surface area contributed by atoms with Gasteiger partial charge in [-0.25, -0.2) is 18.5 Å². The number of hydrogen-bond donors (Lipinski definition) is 2. The molecular formula is C19H14N4O2S2. The van der Waals surface area contributed by atoms with Gasteiger partial charge in [-0.15, -0.1) is 12.6 Å². The molecule has 134 valence electrons.